The van der Waals surface area contributed by atoms with Crippen LogP contribution in [0.5, 0.6) is 5.75 Å². The van der Waals surface area contributed by atoms with Gasteiger partial charge in [-0.25, -0.2) is 0 Å². The van der Waals surface area contributed by atoms with Crippen molar-refractivity contribution in [2.75, 3.05) is 19.7 Å². The minimum Gasteiger partial charge on any atom is -0.492 e. The summed E-state index contributed by atoms with van der Waals surface area (Å²) in [5.74, 6) is -0.870. The van der Waals surface area contributed by atoms with Gasteiger partial charge >= 0.3 is 5.97 Å². The van der Waals surface area contributed by atoms with Gasteiger partial charge in [0.25, 0.3) is 0 Å². The minimum absolute atomic E-state index is 0.190. The molecule has 96 valence electrons. The van der Waals surface area contributed by atoms with Crippen molar-refractivity contribution >= 4 is 11.9 Å². The largest absolute Gasteiger partial charge is 0.492 e. The number of aliphatic carboxylic acids is 1. The molecule has 1 N–H and O–H groups in total. The van der Waals surface area contributed by atoms with Crippen molar-refractivity contribution in [2.45, 2.75) is 12.8 Å². The number of likely N-dealkylation sites (N-methyl/N-ethyl adjacent to an activating group) is 1. The maximum atomic E-state index is 12.3. The zero-order valence-corrected chi connectivity index (χ0v) is 10.1. The number of ether oxygens (including phenoxy) is 1. The molecule has 5 nitrogen and oxygen atoms in total. The van der Waals surface area contributed by atoms with E-state index in [0.717, 1.165) is 5.56 Å². The van der Waals surface area contributed by atoms with Crippen LogP contribution in [0.3, 0.4) is 0 Å². The molecule has 1 aromatic carbocycles. The van der Waals surface area contributed by atoms with Crippen molar-refractivity contribution in [3.63, 3.8) is 0 Å². The summed E-state index contributed by atoms with van der Waals surface area (Å²) in [6.07, 6.45) is 0. The number of carboxylic acid groups (broad SMARTS) is 1. The third-order valence-corrected chi connectivity index (χ3v) is 3.02. The summed E-state index contributed by atoms with van der Waals surface area (Å²) in [6.45, 7) is 2.16. The highest BCUT2D eigenvalue weighted by molar-refractivity contribution is 5.88. The lowest BCUT2D eigenvalue weighted by atomic mass is 10.00. The van der Waals surface area contributed by atoms with E-state index in [2.05, 4.69) is 0 Å². The summed E-state index contributed by atoms with van der Waals surface area (Å²) in [6, 6.07) is 7.36. The topological polar surface area (TPSA) is 66.8 Å². The lowest BCUT2D eigenvalue weighted by Crippen LogP contribution is -2.39. The summed E-state index contributed by atoms with van der Waals surface area (Å²) >= 11 is 0. The smallest absolute Gasteiger partial charge is 0.323 e. The van der Waals surface area contributed by atoms with Crippen LogP contribution in [-0.2, 0) is 9.59 Å². The number of amides is 1. The maximum absolute atomic E-state index is 12.3. The number of rotatable bonds is 4. The second-order valence-corrected chi connectivity index (χ2v) is 4.15. The number of carboxylic acids is 1. The number of carbonyl (C=O) groups is 2. The highest BCUT2D eigenvalue weighted by Gasteiger charge is 2.33. The van der Waals surface area contributed by atoms with Crippen molar-refractivity contribution in [2.24, 2.45) is 0 Å². The minimum atomic E-state index is -1.00. The van der Waals surface area contributed by atoms with Crippen LogP contribution in [0.1, 0.15) is 18.4 Å². The van der Waals surface area contributed by atoms with E-state index >= 15 is 0 Å². The van der Waals surface area contributed by atoms with Gasteiger partial charge in [-0.3, -0.25) is 9.59 Å². The van der Waals surface area contributed by atoms with E-state index in [4.69, 9.17) is 9.84 Å². The van der Waals surface area contributed by atoms with Gasteiger partial charge in [-0.1, -0.05) is 18.2 Å². The summed E-state index contributed by atoms with van der Waals surface area (Å²) in [7, 11) is 0. The van der Waals surface area contributed by atoms with E-state index in [0.29, 0.717) is 12.3 Å². The third-order valence-electron chi connectivity index (χ3n) is 3.02. The third kappa shape index (κ3) is 2.30. The summed E-state index contributed by atoms with van der Waals surface area (Å²) in [5.41, 5.74) is 0.839. The Balaban J connectivity index is 2.17. The Labute approximate surface area is 105 Å². The average Bonchev–Trinajstić information content (AvgIpc) is 2.78. The Morgan fingerprint density at radius 2 is 2.17 bits per heavy atom. The van der Waals surface area contributed by atoms with Crippen LogP contribution in [-0.4, -0.2) is 41.6 Å². The van der Waals surface area contributed by atoms with Gasteiger partial charge in [0.1, 0.15) is 24.8 Å². The Kier molecular flexibility index (Phi) is 3.50. The van der Waals surface area contributed by atoms with Crippen molar-refractivity contribution in [1.82, 2.24) is 4.90 Å². The van der Waals surface area contributed by atoms with Crippen LogP contribution >= 0.6 is 0 Å². The first-order valence-corrected chi connectivity index (χ1v) is 5.85. The molecular weight excluding hydrogens is 234 g/mol. The highest BCUT2D eigenvalue weighted by atomic mass is 16.5. The number of benzene rings is 1. The van der Waals surface area contributed by atoms with Gasteiger partial charge in [0.05, 0.1) is 0 Å². The van der Waals surface area contributed by atoms with Gasteiger partial charge in [0.2, 0.25) is 5.91 Å². The number of nitrogens with zero attached hydrogens (tertiary/aromatic N) is 1. The molecule has 1 aromatic rings. The normalized spacial score (nSPS) is 16.8. The quantitative estimate of drug-likeness (QED) is 0.867. The molecule has 1 aliphatic rings. The standard InChI is InChI=1S/C13H15NO4/c1-2-14(7-12(15)16)13(17)10-8-18-11-6-4-3-5-9(10)11/h3-6,10H,2,7-8H2,1H3,(H,15,16)/t10-/m0/s1. The van der Waals surface area contributed by atoms with Crippen molar-refractivity contribution in [3.8, 4) is 5.75 Å². The van der Waals surface area contributed by atoms with Gasteiger partial charge in [-0.2, -0.15) is 0 Å². The fourth-order valence-corrected chi connectivity index (χ4v) is 2.10. The zero-order chi connectivity index (χ0) is 13.1. The zero-order valence-electron chi connectivity index (χ0n) is 10.1. The molecule has 0 saturated heterocycles. The van der Waals surface area contributed by atoms with Gasteiger partial charge in [0.15, 0.2) is 0 Å². The lowest BCUT2D eigenvalue weighted by molar-refractivity contribution is -0.145. The number of fused-ring (bicyclic) bond motifs is 1. The molecule has 0 unspecified atom stereocenters. The monoisotopic (exact) mass is 249 g/mol. The molecular formula is C13H15NO4. The molecule has 0 aliphatic carbocycles. The number of para-hydroxylation sites is 1. The average molecular weight is 249 g/mol. The van der Waals surface area contributed by atoms with Crippen LogP contribution in [0.2, 0.25) is 0 Å². The van der Waals surface area contributed by atoms with E-state index in [1.54, 1.807) is 6.92 Å². The maximum Gasteiger partial charge on any atom is 0.323 e. The fourth-order valence-electron chi connectivity index (χ4n) is 2.10. The van der Waals surface area contributed by atoms with Gasteiger partial charge in [0, 0.05) is 12.1 Å². The number of hydrogen-bond acceptors (Lipinski definition) is 3. The molecule has 5 heteroatoms. The Hall–Kier alpha value is -2.04. The molecule has 1 atom stereocenters. The summed E-state index contributed by atoms with van der Waals surface area (Å²) in [4.78, 5) is 24.3. The van der Waals surface area contributed by atoms with Crippen LogP contribution in [0.25, 0.3) is 0 Å². The predicted octanol–water partition coefficient (Wildman–Crippen LogP) is 1.10. The van der Waals surface area contributed by atoms with Crippen LogP contribution in [0.15, 0.2) is 24.3 Å². The Bertz CT molecular complexity index is 472. The predicted molar refractivity (Wildman–Crippen MR) is 64.6 cm³/mol. The van der Waals surface area contributed by atoms with E-state index in [1.807, 2.05) is 24.3 Å². The van der Waals surface area contributed by atoms with E-state index in [-0.39, 0.29) is 25.0 Å². The second-order valence-electron chi connectivity index (χ2n) is 4.15. The van der Waals surface area contributed by atoms with Gasteiger partial charge in [-0.15, -0.1) is 0 Å². The molecule has 2 rings (SSSR count). The molecule has 1 aliphatic heterocycles. The number of carbonyl (C=O) groups excluding carboxylic acids is 1. The van der Waals surface area contributed by atoms with E-state index < -0.39 is 5.97 Å². The highest BCUT2D eigenvalue weighted by Crippen LogP contribution is 2.34. The fraction of sp³-hybridized carbons (Fsp3) is 0.385. The SMILES string of the molecule is CCN(CC(=O)O)C(=O)[C@H]1COc2ccccc21. The van der Waals surface area contributed by atoms with Crippen molar-refractivity contribution in [1.29, 1.82) is 0 Å². The number of hydrogen-bond donors (Lipinski definition) is 1. The van der Waals surface area contributed by atoms with Gasteiger partial charge < -0.3 is 14.7 Å². The first kappa shape index (κ1) is 12.4. The van der Waals surface area contributed by atoms with Crippen LogP contribution in [0.4, 0.5) is 0 Å². The van der Waals surface area contributed by atoms with Crippen molar-refractivity contribution < 1.29 is 19.4 Å². The van der Waals surface area contributed by atoms with Crippen molar-refractivity contribution in [3.05, 3.63) is 29.8 Å². The van der Waals surface area contributed by atoms with Crippen LogP contribution < -0.4 is 4.74 Å². The molecule has 18 heavy (non-hydrogen) atoms. The molecule has 0 spiro atoms. The Morgan fingerprint density at radius 3 is 2.83 bits per heavy atom. The Morgan fingerprint density at radius 1 is 1.44 bits per heavy atom. The molecule has 1 heterocycles. The van der Waals surface area contributed by atoms with E-state index in [1.165, 1.54) is 4.90 Å². The molecule has 0 saturated carbocycles. The van der Waals surface area contributed by atoms with E-state index in [9.17, 15) is 9.59 Å². The van der Waals surface area contributed by atoms with Gasteiger partial charge in [-0.05, 0) is 13.0 Å². The molecule has 0 bridgehead atoms. The summed E-state index contributed by atoms with van der Waals surface area (Å²) < 4.78 is 5.44. The lowest BCUT2D eigenvalue weighted by Gasteiger charge is -2.21. The first-order valence-electron chi connectivity index (χ1n) is 5.85. The summed E-state index contributed by atoms with van der Waals surface area (Å²) in [5, 5.41) is 8.78. The first-order chi connectivity index (χ1) is 8.63. The second kappa shape index (κ2) is 5.08. The van der Waals surface area contributed by atoms with Crippen LogP contribution in [0, 0.1) is 0 Å². The molecule has 0 radical (unpaired) electrons. The molecule has 0 fully saturated rings. The molecule has 1 amide bonds. The molecule has 0 aromatic heterocycles.